The van der Waals surface area contributed by atoms with Crippen LogP contribution < -0.4 is 10.1 Å². The number of benzene rings is 2. The maximum absolute atomic E-state index is 11.1. The van der Waals surface area contributed by atoms with Crippen LogP contribution in [0.25, 0.3) is 0 Å². The van der Waals surface area contributed by atoms with Crippen molar-refractivity contribution in [1.29, 1.82) is 0 Å². The van der Waals surface area contributed by atoms with Crippen molar-refractivity contribution < 1.29 is 14.6 Å². The smallest absolute Gasteiger partial charge is 0.221 e. The molecular weight excluding hydrogens is 402 g/mol. The number of ether oxygens (including phenoxy) is 1. The Kier molecular flexibility index (Phi) is 9.53. The van der Waals surface area contributed by atoms with E-state index in [9.17, 15) is 9.90 Å². The topological polar surface area (TPSA) is 65.0 Å². The highest BCUT2D eigenvalue weighted by Crippen LogP contribution is 2.20. The van der Waals surface area contributed by atoms with E-state index in [1.807, 2.05) is 12.1 Å². The molecule has 1 amide bonds. The lowest BCUT2D eigenvalue weighted by Gasteiger charge is -2.40. The van der Waals surface area contributed by atoms with Crippen LogP contribution in [0.5, 0.6) is 5.75 Å². The van der Waals surface area contributed by atoms with Crippen LogP contribution in [-0.2, 0) is 11.3 Å². The standard InChI is InChI=1S/C26H37N3O3/c1-3-15-29(24-10-7-16-28(18-24)17-22-8-5-4-6-9-22)19-25(31)20-32-26-13-11-23(12-14-26)27-21(2)30/h4-6,8-9,11-14,24-25,31H,3,7,10,15-20H2,1-2H3,(H,27,30). The Hall–Kier alpha value is -2.41. The number of nitrogens with zero attached hydrogens (tertiary/aromatic N) is 2. The second kappa shape index (κ2) is 12.6. The predicted octanol–water partition coefficient (Wildman–Crippen LogP) is 3.76. The van der Waals surface area contributed by atoms with Gasteiger partial charge in [-0.1, -0.05) is 37.3 Å². The molecule has 1 saturated heterocycles. The van der Waals surface area contributed by atoms with Crippen LogP contribution in [0.4, 0.5) is 5.69 Å². The number of amides is 1. The zero-order valence-electron chi connectivity index (χ0n) is 19.4. The molecule has 2 aromatic carbocycles. The van der Waals surface area contributed by atoms with Crippen molar-refractivity contribution in [3.63, 3.8) is 0 Å². The molecule has 32 heavy (non-hydrogen) atoms. The molecule has 0 spiro atoms. The molecule has 174 valence electrons. The van der Waals surface area contributed by atoms with Crippen molar-refractivity contribution in [2.75, 3.05) is 38.1 Å². The maximum atomic E-state index is 11.1. The molecule has 2 atom stereocenters. The number of carbonyl (C=O) groups excluding carboxylic acids is 1. The minimum atomic E-state index is -0.555. The van der Waals surface area contributed by atoms with Gasteiger partial charge in [0.05, 0.1) is 0 Å². The summed E-state index contributed by atoms with van der Waals surface area (Å²) in [5.74, 6) is 0.585. The highest BCUT2D eigenvalue weighted by molar-refractivity contribution is 5.88. The zero-order chi connectivity index (χ0) is 22.8. The van der Waals surface area contributed by atoms with Gasteiger partial charge in [-0.25, -0.2) is 0 Å². The number of likely N-dealkylation sites (tertiary alicyclic amines) is 1. The number of piperidine rings is 1. The number of anilines is 1. The van der Waals surface area contributed by atoms with Crippen LogP contribution in [-0.4, -0.2) is 65.7 Å². The molecule has 6 nitrogen and oxygen atoms in total. The van der Waals surface area contributed by atoms with Crippen LogP contribution in [0.15, 0.2) is 54.6 Å². The molecule has 0 saturated carbocycles. The highest BCUT2D eigenvalue weighted by atomic mass is 16.5. The van der Waals surface area contributed by atoms with E-state index in [4.69, 9.17) is 4.74 Å². The van der Waals surface area contributed by atoms with Crippen molar-refractivity contribution in [3.05, 3.63) is 60.2 Å². The number of aliphatic hydroxyl groups is 1. The number of hydrogen-bond acceptors (Lipinski definition) is 5. The molecule has 3 rings (SSSR count). The van der Waals surface area contributed by atoms with Gasteiger partial charge in [0.1, 0.15) is 18.5 Å². The predicted molar refractivity (Wildman–Crippen MR) is 129 cm³/mol. The van der Waals surface area contributed by atoms with E-state index in [-0.39, 0.29) is 12.5 Å². The van der Waals surface area contributed by atoms with Gasteiger partial charge in [-0.05, 0) is 62.2 Å². The van der Waals surface area contributed by atoms with Crippen molar-refractivity contribution in [2.24, 2.45) is 0 Å². The summed E-state index contributed by atoms with van der Waals surface area (Å²) in [5.41, 5.74) is 2.09. The first-order valence-corrected chi connectivity index (χ1v) is 11.7. The van der Waals surface area contributed by atoms with Crippen LogP contribution in [0, 0.1) is 0 Å². The SMILES string of the molecule is CCCN(CC(O)COc1ccc(NC(C)=O)cc1)C1CCCN(Cc2ccccc2)C1. The van der Waals surface area contributed by atoms with Gasteiger partial charge in [0.25, 0.3) is 0 Å². The van der Waals surface area contributed by atoms with Crippen molar-refractivity contribution in [3.8, 4) is 5.75 Å². The Labute approximate surface area is 192 Å². The number of hydrogen-bond donors (Lipinski definition) is 2. The molecule has 1 heterocycles. The quantitative estimate of drug-likeness (QED) is 0.558. The number of carbonyl (C=O) groups is 1. The first-order valence-electron chi connectivity index (χ1n) is 11.7. The van der Waals surface area contributed by atoms with Gasteiger partial charge < -0.3 is 15.2 Å². The zero-order valence-corrected chi connectivity index (χ0v) is 19.4. The fourth-order valence-corrected chi connectivity index (χ4v) is 4.38. The molecule has 2 unspecified atom stereocenters. The summed E-state index contributed by atoms with van der Waals surface area (Å²) < 4.78 is 5.79. The Morgan fingerprint density at radius 3 is 2.66 bits per heavy atom. The van der Waals surface area contributed by atoms with E-state index >= 15 is 0 Å². The van der Waals surface area contributed by atoms with Gasteiger partial charge in [-0.2, -0.15) is 0 Å². The molecule has 2 aromatic rings. The second-order valence-corrected chi connectivity index (χ2v) is 8.68. The molecule has 0 bridgehead atoms. The molecule has 2 N–H and O–H groups in total. The summed E-state index contributed by atoms with van der Waals surface area (Å²) in [4.78, 5) is 16.1. The fraction of sp³-hybridized carbons (Fsp3) is 0.500. The molecule has 0 aliphatic carbocycles. The largest absolute Gasteiger partial charge is 0.491 e. The third kappa shape index (κ3) is 7.93. The summed E-state index contributed by atoms with van der Waals surface area (Å²) in [5, 5.41) is 13.4. The van der Waals surface area contributed by atoms with Gasteiger partial charge in [0.15, 0.2) is 0 Å². The van der Waals surface area contributed by atoms with Crippen LogP contribution in [0.1, 0.15) is 38.7 Å². The van der Waals surface area contributed by atoms with E-state index < -0.39 is 6.10 Å². The third-order valence-corrected chi connectivity index (χ3v) is 5.82. The van der Waals surface area contributed by atoms with Crippen LogP contribution in [0.2, 0.25) is 0 Å². The van der Waals surface area contributed by atoms with Crippen LogP contribution in [0.3, 0.4) is 0 Å². The van der Waals surface area contributed by atoms with E-state index in [1.165, 1.54) is 25.3 Å². The number of rotatable bonds is 11. The minimum Gasteiger partial charge on any atom is -0.491 e. The molecule has 1 aliphatic heterocycles. The van der Waals surface area contributed by atoms with E-state index in [0.29, 0.717) is 18.3 Å². The monoisotopic (exact) mass is 439 g/mol. The Morgan fingerprint density at radius 2 is 1.97 bits per heavy atom. The summed E-state index contributed by atoms with van der Waals surface area (Å²) in [6.45, 7) is 8.66. The van der Waals surface area contributed by atoms with E-state index in [1.54, 1.807) is 12.1 Å². The molecule has 1 aliphatic rings. The number of aliphatic hydroxyl groups excluding tert-OH is 1. The van der Waals surface area contributed by atoms with Crippen molar-refractivity contribution >= 4 is 11.6 Å². The van der Waals surface area contributed by atoms with Gasteiger partial charge in [-0.3, -0.25) is 14.6 Å². The Morgan fingerprint density at radius 1 is 1.22 bits per heavy atom. The van der Waals surface area contributed by atoms with Gasteiger partial charge in [0, 0.05) is 38.3 Å². The second-order valence-electron chi connectivity index (χ2n) is 8.68. The summed E-state index contributed by atoms with van der Waals surface area (Å²) in [6, 6.07) is 18.3. The molecular formula is C26H37N3O3. The average Bonchev–Trinajstić information content (AvgIpc) is 2.79. The third-order valence-electron chi connectivity index (χ3n) is 5.82. The Balaban J connectivity index is 1.49. The summed E-state index contributed by atoms with van der Waals surface area (Å²) in [6.07, 6.45) is 2.86. The lowest BCUT2D eigenvalue weighted by molar-refractivity contribution is -0.114. The van der Waals surface area contributed by atoms with Crippen molar-refractivity contribution in [2.45, 2.75) is 51.8 Å². The number of nitrogens with one attached hydrogen (secondary N) is 1. The van der Waals surface area contributed by atoms with Gasteiger partial charge >= 0.3 is 0 Å². The lowest BCUT2D eigenvalue weighted by atomic mass is 10.0. The molecule has 6 heteroatoms. The molecule has 1 fully saturated rings. The van der Waals surface area contributed by atoms with Crippen molar-refractivity contribution in [1.82, 2.24) is 9.80 Å². The van der Waals surface area contributed by atoms with Crippen LogP contribution >= 0.6 is 0 Å². The molecule has 0 radical (unpaired) electrons. The Bertz CT molecular complexity index is 813. The molecule has 0 aromatic heterocycles. The first-order chi connectivity index (χ1) is 15.5. The first kappa shape index (κ1) is 24.2. The maximum Gasteiger partial charge on any atom is 0.221 e. The normalized spacial score (nSPS) is 17.8. The summed E-state index contributed by atoms with van der Waals surface area (Å²) >= 11 is 0. The highest BCUT2D eigenvalue weighted by Gasteiger charge is 2.26. The van der Waals surface area contributed by atoms with E-state index in [2.05, 4.69) is 52.4 Å². The minimum absolute atomic E-state index is 0.102. The lowest BCUT2D eigenvalue weighted by Crippen LogP contribution is -2.50. The van der Waals surface area contributed by atoms with Gasteiger partial charge in [0.2, 0.25) is 5.91 Å². The summed E-state index contributed by atoms with van der Waals surface area (Å²) in [7, 11) is 0. The fourth-order valence-electron chi connectivity index (χ4n) is 4.38. The average molecular weight is 440 g/mol. The van der Waals surface area contributed by atoms with Gasteiger partial charge in [-0.15, -0.1) is 0 Å². The van der Waals surface area contributed by atoms with E-state index in [0.717, 1.165) is 38.3 Å².